The molecule has 140 valence electrons. The topological polar surface area (TPSA) is 67.8 Å². The summed E-state index contributed by atoms with van der Waals surface area (Å²) in [6, 6.07) is 8.54. The van der Waals surface area contributed by atoms with E-state index < -0.39 is 23.6 Å². The van der Waals surface area contributed by atoms with Gasteiger partial charge < -0.3 is 10.1 Å². The normalized spacial score (nSPS) is 14.0. The molecule has 0 radical (unpaired) electrons. The van der Waals surface area contributed by atoms with E-state index in [4.69, 9.17) is 0 Å². The quantitative estimate of drug-likeness (QED) is 0.797. The van der Waals surface area contributed by atoms with Crippen LogP contribution in [0.5, 0.6) is 0 Å². The van der Waals surface area contributed by atoms with E-state index >= 15 is 0 Å². The number of nitrogens with zero attached hydrogens (tertiary/aromatic N) is 1. The second-order valence-corrected chi connectivity index (χ2v) is 6.04. The predicted molar refractivity (Wildman–Crippen MR) is 93.4 cm³/mol. The molecule has 0 spiro atoms. The molecule has 2 aromatic rings. The van der Waals surface area contributed by atoms with Crippen molar-refractivity contribution in [3.63, 3.8) is 0 Å². The molecule has 0 aromatic heterocycles. The number of hydrogen-bond acceptors (Lipinski definition) is 4. The van der Waals surface area contributed by atoms with Gasteiger partial charge in [0, 0.05) is 0 Å². The van der Waals surface area contributed by atoms with Gasteiger partial charge in [0.15, 0.2) is 0 Å². The Morgan fingerprint density at radius 3 is 2.63 bits per heavy atom. The molecule has 2 aromatic carbocycles. The molecule has 5 nitrogen and oxygen atoms in total. The van der Waals surface area contributed by atoms with Crippen molar-refractivity contribution in [2.75, 3.05) is 12.4 Å². The minimum Gasteiger partial charge on any atom is -0.465 e. The number of hydrogen-bond donors (Lipinski definition) is 1. The van der Waals surface area contributed by atoms with E-state index in [1.54, 1.807) is 18.2 Å². The highest BCUT2D eigenvalue weighted by molar-refractivity contribution is 6.17. The number of aryl methyl sites for hydroxylation is 1. The minimum atomic E-state index is -4.53. The summed E-state index contributed by atoms with van der Waals surface area (Å²) in [7, 11) is 1.25. The highest BCUT2D eigenvalue weighted by atomic mass is 19.4. The second-order valence-electron chi connectivity index (χ2n) is 6.04. The highest BCUT2D eigenvalue weighted by Gasteiger charge is 2.34. The van der Waals surface area contributed by atoms with Crippen LogP contribution in [0.1, 0.15) is 33.5 Å². The first kappa shape index (κ1) is 18.6. The molecule has 1 heterocycles. The molecule has 0 saturated heterocycles. The number of methoxy groups -OCH3 is 1. The smallest absolute Gasteiger partial charge is 0.416 e. The Bertz CT molecular complexity index is 965. The van der Waals surface area contributed by atoms with Crippen LogP contribution in [0.15, 0.2) is 41.4 Å². The Kier molecular flexibility index (Phi) is 4.73. The van der Waals surface area contributed by atoms with Crippen LogP contribution in [0.2, 0.25) is 0 Å². The number of benzene rings is 2. The van der Waals surface area contributed by atoms with Crippen LogP contribution in [0.25, 0.3) is 0 Å². The molecule has 0 fully saturated rings. The van der Waals surface area contributed by atoms with Crippen molar-refractivity contribution in [3.8, 4) is 0 Å². The molecule has 1 N–H and O–H groups in total. The van der Waals surface area contributed by atoms with Gasteiger partial charge in [-0.2, -0.15) is 13.2 Å². The Labute approximate surface area is 152 Å². The zero-order valence-corrected chi connectivity index (χ0v) is 14.5. The molecule has 3 rings (SSSR count). The first-order chi connectivity index (χ1) is 12.7. The maximum Gasteiger partial charge on any atom is 0.416 e. The molecule has 0 atom stereocenters. The fourth-order valence-electron chi connectivity index (χ4n) is 2.83. The lowest BCUT2D eigenvalue weighted by atomic mass is 10.0. The maximum absolute atomic E-state index is 13.1. The van der Waals surface area contributed by atoms with Crippen molar-refractivity contribution in [2.45, 2.75) is 19.5 Å². The van der Waals surface area contributed by atoms with Crippen LogP contribution in [0.4, 0.5) is 24.5 Å². The Balaban J connectivity index is 2.11. The minimum absolute atomic E-state index is 0.00273. The van der Waals surface area contributed by atoms with E-state index in [-0.39, 0.29) is 28.9 Å². The molecular formula is C19H15F3N2O3. The van der Waals surface area contributed by atoms with Crippen LogP contribution >= 0.6 is 0 Å². The van der Waals surface area contributed by atoms with Crippen molar-refractivity contribution in [1.82, 2.24) is 0 Å². The lowest BCUT2D eigenvalue weighted by Gasteiger charge is -2.13. The molecule has 27 heavy (non-hydrogen) atoms. The van der Waals surface area contributed by atoms with Gasteiger partial charge in [0.1, 0.15) is 0 Å². The lowest BCUT2D eigenvalue weighted by Crippen LogP contribution is -2.16. The van der Waals surface area contributed by atoms with E-state index in [0.29, 0.717) is 11.3 Å². The van der Waals surface area contributed by atoms with E-state index in [1.165, 1.54) is 26.2 Å². The zero-order chi connectivity index (χ0) is 19.8. The van der Waals surface area contributed by atoms with Gasteiger partial charge in [-0.1, -0.05) is 12.1 Å². The number of halogens is 3. The predicted octanol–water partition coefficient (Wildman–Crippen LogP) is 4.26. The van der Waals surface area contributed by atoms with Crippen LogP contribution in [-0.2, 0) is 15.7 Å². The monoisotopic (exact) mass is 376 g/mol. The van der Waals surface area contributed by atoms with Crippen molar-refractivity contribution in [1.29, 1.82) is 0 Å². The van der Waals surface area contributed by atoms with Gasteiger partial charge in [-0.25, -0.2) is 4.79 Å². The summed E-state index contributed by atoms with van der Waals surface area (Å²) >= 11 is 0. The van der Waals surface area contributed by atoms with E-state index in [1.807, 2.05) is 0 Å². The molecule has 0 unspecified atom stereocenters. The number of aliphatic imine (C=N–C) groups is 1. The summed E-state index contributed by atoms with van der Waals surface area (Å²) in [5, 5.41) is 2.47. The third-order valence-corrected chi connectivity index (χ3v) is 4.12. The molecule has 1 aliphatic rings. The molecule has 0 bridgehead atoms. The van der Waals surface area contributed by atoms with Crippen LogP contribution in [0.3, 0.4) is 0 Å². The summed E-state index contributed by atoms with van der Waals surface area (Å²) in [5.74, 6) is -1.03. The number of carbonyl (C=O) groups excluding carboxylic acids is 2. The van der Waals surface area contributed by atoms with Gasteiger partial charge in [-0.05, 0) is 42.3 Å². The number of nitrogens with one attached hydrogen (secondary N) is 1. The van der Waals surface area contributed by atoms with Gasteiger partial charge in [0.05, 0.1) is 41.7 Å². The first-order valence-electron chi connectivity index (χ1n) is 7.97. The number of amides is 1. The Morgan fingerprint density at radius 2 is 1.96 bits per heavy atom. The Morgan fingerprint density at radius 1 is 1.22 bits per heavy atom. The van der Waals surface area contributed by atoms with Crippen molar-refractivity contribution >= 4 is 29.0 Å². The second kappa shape index (κ2) is 6.86. The molecule has 8 heteroatoms. The van der Waals surface area contributed by atoms with Crippen LogP contribution in [-0.4, -0.2) is 24.7 Å². The van der Waals surface area contributed by atoms with Gasteiger partial charge >= 0.3 is 12.1 Å². The number of rotatable bonds is 2. The third kappa shape index (κ3) is 3.84. The summed E-state index contributed by atoms with van der Waals surface area (Å²) in [5.41, 5.74) is 0.541. The van der Waals surface area contributed by atoms with Gasteiger partial charge in [0.2, 0.25) is 5.91 Å². The van der Waals surface area contributed by atoms with Gasteiger partial charge in [0.25, 0.3) is 0 Å². The Hall–Kier alpha value is -3.16. The number of carbonyl (C=O) groups is 2. The summed E-state index contributed by atoms with van der Waals surface area (Å²) in [6.07, 6.45) is -4.67. The van der Waals surface area contributed by atoms with Crippen LogP contribution in [0, 0.1) is 6.92 Å². The van der Waals surface area contributed by atoms with Gasteiger partial charge in [-0.15, -0.1) is 0 Å². The SMILES string of the molecule is COC(=O)c1cccc(C2=Nc3cc(C)c(C(F)(F)F)cc3NC(=O)C2)c1. The molecular weight excluding hydrogens is 361 g/mol. The maximum atomic E-state index is 13.1. The molecule has 0 aliphatic carbocycles. The average Bonchev–Trinajstić information content (AvgIpc) is 2.77. The largest absolute Gasteiger partial charge is 0.465 e. The van der Waals surface area contributed by atoms with Gasteiger partial charge in [-0.3, -0.25) is 9.79 Å². The number of ether oxygens (including phenoxy) is 1. The molecule has 0 saturated carbocycles. The summed E-state index contributed by atoms with van der Waals surface area (Å²) in [6.45, 7) is 1.34. The fourth-order valence-corrected chi connectivity index (χ4v) is 2.83. The van der Waals surface area contributed by atoms with Crippen molar-refractivity contribution in [3.05, 3.63) is 58.7 Å². The highest BCUT2D eigenvalue weighted by Crippen LogP contribution is 2.39. The van der Waals surface area contributed by atoms with E-state index in [0.717, 1.165) is 6.07 Å². The fraction of sp³-hybridized carbons (Fsp3) is 0.211. The van der Waals surface area contributed by atoms with E-state index in [9.17, 15) is 22.8 Å². The summed E-state index contributed by atoms with van der Waals surface area (Å²) in [4.78, 5) is 28.3. The number of esters is 1. The van der Waals surface area contributed by atoms with Crippen molar-refractivity contribution < 1.29 is 27.5 Å². The lowest BCUT2D eigenvalue weighted by molar-refractivity contribution is -0.138. The van der Waals surface area contributed by atoms with Crippen molar-refractivity contribution in [2.24, 2.45) is 4.99 Å². The van der Waals surface area contributed by atoms with Crippen LogP contribution < -0.4 is 5.32 Å². The van der Waals surface area contributed by atoms with E-state index in [2.05, 4.69) is 15.0 Å². The number of alkyl halides is 3. The summed E-state index contributed by atoms with van der Waals surface area (Å²) < 4.78 is 44.0. The third-order valence-electron chi connectivity index (χ3n) is 4.12. The number of fused-ring (bicyclic) bond motifs is 1. The molecule has 1 aliphatic heterocycles. The average molecular weight is 376 g/mol. The molecule has 1 amide bonds. The standard InChI is InChI=1S/C19H15F3N2O3/c1-10-6-15-16(8-13(10)19(20,21)22)24-17(25)9-14(23-15)11-4-3-5-12(7-11)18(26)27-2/h3-8H,9H2,1-2H3,(H,24,25). The number of anilines is 1. The first-order valence-corrected chi connectivity index (χ1v) is 7.97. The zero-order valence-electron chi connectivity index (χ0n) is 14.5.